The summed E-state index contributed by atoms with van der Waals surface area (Å²) in [7, 11) is 0. The average molecular weight is 306 g/mol. The third-order valence-electron chi connectivity index (χ3n) is 2.85. The minimum Gasteiger partial charge on any atom is -0.481 e. The van der Waals surface area contributed by atoms with Gasteiger partial charge in [-0.2, -0.15) is 5.10 Å². The molecule has 0 heterocycles. The number of nitrogens with zero attached hydrogens (tertiary/aromatic N) is 1. The highest BCUT2D eigenvalue weighted by molar-refractivity contribution is 5.89. The van der Waals surface area contributed by atoms with E-state index in [9.17, 15) is 14.4 Å². The second kappa shape index (κ2) is 9.28. The number of hydrogen-bond donors (Lipinski definition) is 3. The molecule has 0 fully saturated rings. The largest absolute Gasteiger partial charge is 0.481 e. The van der Waals surface area contributed by atoms with Crippen LogP contribution in [0.3, 0.4) is 0 Å². The standard InChI is InChI=1S/C15H18N2O5/c18-13(4-2-1-3-5-14(19)20)17-16-10-11-6-8-12(9-7-11)15(21)22/h6-10H,1-5H2,(H,17,18)(H,19,20)(H,21,22)/b16-10+. The van der Waals surface area contributed by atoms with Gasteiger partial charge in [0.25, 0.3) is 0 Å². The highest BCUT2D eigenvalue weighted by Gasteiger charge is 2.02. The molecule has 0 spiro atoms. The summed E-state index contributed by atoms with van der Waals surface area (Å²) in [6.45, 7) is 0. The SMILES string of the molecule is O=C(O)CCCCCC(=O)N/N=C/c1ccc(C(=O)O)cc1. The molecule has 0 bridgehead atoms. The topological polar surface area (TPSA) is 116 Å². The van der Waals surface area contributed by atoms with E-state index in [1.54, 1.807) is 12.1 Å². The molecule has 1 amide bonds. The maximum Gasteiger partial charge on any atom is 0.335 e. The number of carboxylic acid groups (broad SMARTS) is 2. The fourth-order valence-corrected chi connectivity index (χ4v) is 1.69. The molecule has 0 atom stereocenters. The fraction of sp³-hybridized carbons (Fsp3) is 0.333. The van der Waals surface area contributed by atoms with Crippen molar-refractivity contribution in [3.05, 3.63) is 35.4 Å². The van der Waals surface area contributed by atoms with Gasteiger partial charge in [0.1, 0.15) is 0 Å². The normalized spacial score (nSPS) is 10.5. The van der Waals surface area contributed by atoms with Crippen molar-refractivity contribution in [1.29, 1.82) is 0 Å². The summed E-state index contributed by atoms with van der Waals surface area (Å²) in [5, 5.41) is 21.0. The average Bonchev–Trinajstić information content (AvgIpc) is 2.47. The number of rotatable bonds is 9. The number of aromatic carboxylic acids is 1. The van der Waals surface area contributed by atoms with E-state index in [1.165, 1.54) is 18.3 Å². The number of hydrogen-bond acceptors (Lipinski definition) is 4. The summed E-state index contributed by atoms with van der Waals surface area (Å²) in [4.78, 5) is 32.4. The van der Waals surface area contributed by atoms with E-state index in [0.717, 1.165) is 0 Å². The molecule has 1 aromatic carbocycles. The Morgan fingerprint density at radius 2 is 1.64 bits per heavy atom. The molecular formula is C15H18N2O5. The first-order chi connectivity index (χ1) is 10.5. The number of benzene rings is 1. The van der Waals surface area contributed by atoms with Crippen LogP contribution in [0.5, 0.6) is 0 Å². The minimum absolute atomic E-state index is 0.117. The van der Waals surface area contributed by atoms with Gasteiger partial charge in [-0.1, -0.05) is 18.6 Å². The number of amides is 1. The molecule has 0 radical (unpaired) electrons. The highest BCUT2D eigenvalue weighted by atomic mass is 16.4. The van der Waals surface area contributed by atoms with Crippen molar-refractivity contribution in [3.8, 4) is 0 Å². The Balaban J connectivity index is 2.25. The van der Waals surface area contributed by atoms with Crippen LogP contribution in [0.15, 0.2) is 29.4 Å². The van der Waals surface area contributed by atoms with E-state index in [0.29, 0.717) is 24.8 Å². The van der Waals surface area contributed by atoms with Gasteiger partial charge in [0, 0.05) is 12.8 Å². The molecule has 0 aliphatic rings. The maximum absolute atomic E-state index is 11.5. The summed E-state index contributed by atoms with van der Waals surface area (Å²) in [6.07, 6.45) is 3.68. The molecule has 7 nitrogen and oxygen atoms in total. The minimum atomic E-state index is -1.00. The molecule has 0 aliphatic heterocycles. The molecule has 1 aromatic rings. The van der Waals surface area contributed by atoms with E-state index >= 15 is 0 Å². The quantitative estimate of drug-likeness (QED) is 0.366. The Morgan fingerprint density at radius 3 is 2.23 bits per heavy atom. The molecule has 0 saturated heterocycles. The number of carbonyl (C=O) groups excluding carboxylic acids is 1. The molecule has 0 unspecified atom stereocenters. The Labute approximate surface area is 127 Å². The predicted molar refractivity (Wildman–Crippen MR) is 79.9 cm³/mol. The van der Waals surface area contributed by atoms with E-state index in [-0.39, 0.29) is 24.3 Å². The summed E-state index contributed by atoms with van der Waals surface area (Å²) in [5.41, 5.74) is 3.22. The van der Waals surface area contributed by atoms with Crippen LogP contribution in [0.25, 0.3) is 0 Å². The van der Waals surface area contributed by atoms with Crippen LogP contribution >= 0.6 is 0 Å². The van der Waals surface area contributed by atoms with E-state index in [2.05, 4.69) is 10.5 Å². The van der Waals surface area contributed by atoms with Crippen molar-refractivity contribution >= 4 is 24.1 Å². The lowest BCUT2D eigenvalue weighted by molar-refractivity contribution is -0.137. The third-order valence-corrected chi connectivity index (χ3v) is 2.85. The van der Waals surface area contributed by atoms with Gasteiger partial charge < -0.3 is 10.2 Å². The molecule has 7 heteroatoms. The Bertz CT molecular complexity index is 552. The lowest BCUT2D eigenvalue weighted by atomic mass is 10.1. The van der Waals surface area contributed by atoms with E-state index in [4.69, 9.17) is 10.2 Å². The van der Waals surface area contributed by atoms with E-state index in [1.807, 2.05) is 0 Å². The second-order valence-electron chi connectivity index (χ2n) is 4.67. The van der Waals surface area contributed by atoms with Crippen molar-refractivity contribution in [3.63, 3.8) is 0 Å². The maximum atomic E-state index is 11.5. The van der Waals surface area contributed by atoms with Crippen LogP contribution in [-0.2, 0) is 9.59 Å². The summed E-state index contributed by atoms with van der Waals surface area (Å²) < 4.78 is 0. The molecule has 0 aliphatic carbocycles. The first-order valence-corrected chi connectivity index (χ1v) is 6.86. The van der Waals surface area contributed by atoms with Gasteiger partial charge in [0.05, 0.1) is 11.8 Å². The van der Waals surface area contributed by atoms with Crippen molar-refractivity contribution in [2.24, 2.45) is 5.10 Å². The highest BCUT2D eigenvalue weighted by Crippen LogP contribution is 2.03. The van der Waals surface area contributed by atoms with Crippen LogP contribution in [0.2, 0.25) is 0 Å². The van der Waals surface area contributed by atoms with Gasteiger partial charge >= 0.3 is 11.9 Å². The summed E-state index contributed by atoms with van der Waals surface area (Å²) in [5.74, 6) is -2.07. The Hall–Kier alpha value is -2.70. The lowest BCUT2D eigenvalue weighted by Gasteiger charge is -2.00. The monoisotopic (exact) mass is 306 g/mol. The molecular weight excluding hydrogens is 288 g/mol. The number of carboxylic acids is 2. The molecule has 0 saturated carbocycles. The molecule has 1 rings (SSSR count). The van der Waals surface area contributed by atoms with Crippen LogP contribution < -0.4 is 5.43 Å². The second-order valence-corrected chi connectivity index (χ2v) is 4.67. The number of aliphatic carboxylic acids is 1. The molecule has 118 valence electrons. The Kier molecular flexibility index (Phi) is 7.32. The summed E-state index contributed by atoms with van der Waals surface area (Å²) >= 11 is 0. The van der Waals surface area contributed by atoms with Gasteiger partial charge in [-0.15, -0.1) is 0 Å². The van der Waals surface area contributed by atoms with Gasteiger partial charge in [-0.05, 0) is 30.5 Å². The van der Waals surface area contributed by atoms with Gasteiger partial charge in [0.2, 0.25) is 5.91 Å². The summed E-state index contributed by atoms with van der Waals surface area (Å²) in [6, 6.07) is 6.08. The first kappa shape index (κ1) is 17.4. The van der Waals surface area contributed by atoms with Gasteiger partial charge in [-0.25, -0.2) is 10.2 Å². The molecule has 22 heavy (non-hydrogen) atoms. The van der Waals surface area contributed by atoms with Crippen molar-refractivity contribution < 1.29 is 24.6 Å². The fourth-order valence-electron chi connectivity index (χ4n) is 1.69. The van der Waals surface area contributed by atoms with Crippen LogP contribution in [0, 0.1) is 0 Å². The first-order valence-electron chi connectivity index (χ1n) is 6.86. The van der Waals surface area contributed by atoms with Gasteiger partial charge in [-0.3, -0.25) is 9.59 Å². The van der Waals surface area contributed by atoms with Gasteiger partial charge in [0.15, 0.2) is 0 Å². The zero-order valence-electron chi connectivity index (χ0n) is 12.0. The number of nitrogens with one attached hydrogen (secondary N) is 1. The number of hydrazone groups is 1. The van der Waals surface area contributed by atoms with Crippen molar-refractivity contribution in [2.75, 3.05) is 0 Å². The smallest absolute Gasteiger partial charge is 0.335 e. The molecule has 0 aromatic heterocycles. The van der Waals surface area contributed by atoms with Crippen LogP contribution in [-0.4, -0.2) is 34.3 Å². The van der Waals surface area contributed by atoms with E-state index < -0.39 is 11.9 Å². The van der Waals surface area contributed by atoms with Crippen molar-refractivity contribution in [1.82, 2.24) is 5.43 Å². The third kappa shape index (κ3) is 7.18. The zero-order chi connectivity index (χ0) is 16.4. The van der Waals surface area contributed by atoms with Crippen LogP contribution in [0.4, 0.5) is 0 Å². The predicted octanol–water partition coefficient (Wildman–Crippen LogP) is 1.87. The lowest BCUT2D eigenvalue weighted by Crippen LogP contribution is -2.16. The Morgan fingerprint density at radius 1 is 1.00 bits per heavy atom. The van der Waals surface area contributed by atoms with Crippen LogP contribution in [0.1, 0.15) is 48.0 Å². The number of unbranched alkanes of at least 4 members (excludes halogenated alkanes) is 2. The number of carbonyl (C=O) groups is 3. The molecule has 3 N–H and O–H groups in total. The van der Waals surface area contributed by atoms with Crippen molar-refractivity contribution in [2.45, 2.75) is 32.1 Å². The zero-order valence-corrected chi connectivity index (χ0v) is 12.0.